The predicted octanol–water partition coefficient (Wildman–Crippen LogP) is 1.68. The third-order valence-electron chi connectivity index (χ3n) is 2.70. The lowest BCUT2D eigenvalue weighted by Gasteiger charge is -2.26. The van der Waals surface area contributed by atoms with Crippen molar-refractivity contribution in [2.24, 2.45) is 0 Å². The normalized spacial score (nSPS) is 20.6. The van der Waals surface area contributed by atoms with E-state index in [1.54, 1.807) is 0 Å². The largest absolute Gasteiger partial charge is 0.318 e. The van der Waals surface area contributed by atoms with E-state index in [4.69, 9.17) is 0 Å². The molecule has 1 aliphatic rings. The Morgan fingerprint density at radius 2 is 2.43 bits per heavy atom. The number of rotatable bonds is 2. The zero-order valence-corrected chi connectivity index (χ0v) is 9.89. The third kappa shape index (κ3) is 2.00. The summed E-state index contributed by atoms with van der Waals surface area (Å²) in [6.45, 7) is 2.01. The number of halogens is 1. The molecule has 0 fully saturated rings. The molecule has 0 aliphatic carbocycles. The van der Waals surface area contributed by atoms with Gasteiger partial charge in [-0.15, -0.1) is 0 Å². The summed E-state index contributed by atoms with van der Waals surface area (Å²) in [5.41, 5.74) is 2.89. The van der Waals surface area contributed by atoms with Gasteiger partial charge in [0.2, 0.25) is 0 Å². The Balaban J connectivity index is 2.18. The Labute approximate surface area is 93.2 Å². The maximum absolute atomic E-state index is 3.59. The Hall–Kier alpha value is -0.380. The second-order valence-corrected chi connectivity index (χ2v) is 4.57. The fourth-order valence-corrected chi connectivity index (χ4v) is 2.51. The minimum atomic E-state index is 0.571. The van der Waals surface area contributed by atoms with Gasteiger partial charge >= 0.3 is 0 Å². The second kappa shape index (κ2) is 4.43. The van der Waals surface area contributed by atoms with Gasteiger partial charge in [-0.1, -0.05) is 28.1 Å². The molecule has 76 valence electrons. The highest BCUT2D eigenvalue weighted by molar-refractivity contribution is 9.10. The highest BCUT2D eigenvalue weighted by atomic mass is 79.9. The van der Waals surface area contributed by atoms with Crippen molar-refractivity contribution < 1.29 is 0 Å². The van der Waals surface area contributed by atoms with Gasteiger partial charge in [0.15, 0.2) is 0 Å². The summed E-state index contributed by atoms with van der Waals surface area (Å²) in [5, 5.41) is 6.73. The van der Waals surface area contributed by atoms with Crippen molar-refractivity contribution in [3.05, 3.63) is 33.8 Å². The zero-order chi connectivity index (χ0) is 9.97. The molecule has 3 heteroatoms. The summed E-state index contributed by atoms with van der Waals surface area (Å²) in [6, 6.07) is 7.02. The maximum atomic E-state index is 3.59. The average Bonchev–Trinajstić information content (AvgIpc) is 2.18. The molecule has 1 aliphatic heterocycles. The van der Waals surface area contributed by atoms with Crippen molar-refractivity contribution in [2.75, 3.05) is 13.6 Å². The third-order valence-corrected chi connectivity index (χ3v) is 3.44. The summed E-state index contributed by atoms with van der Waals surface area (Å²) < 4.78 is 1.23. The number of hydrogen-bond donors (Lipinski definition) is 2. The van der Waals surface area contributed by atoms with E-state index in [0.717, 1.165) is 19.5 Å². The van der Waals surface area contributed by atoms with Gasteiger partial charge in [0, 0.05) is 23.6 Å². The van der Waals surface area contributed by atoms with E-state index in [1.807, 2.05) is 7.05 Å². The first kappa shape index (κ1) is 10.1. The van der Waals surface area contributed by atoms with Crippen molar-refractivity contribution in [1.29, 1.82) is 0 Å². The Morgan fingerprint density at radius 3 is 3.21 bits per heavy atom. The Kier molecular flexibility index (Phi) is 3.21. The molecule has 1 unspecified atom stereocenters. The zero-order valence-electron chi connectivity index (χ0n) is 8.31. The highest BCUT2D eigenvalue weighted by Crippen LogP contribution is 2.24. The SMILES string of the molecule is CNCC1Cc2cccc(Br)c2CN1. The van der Waals surface area contributed by atoms with Gasteiger partial charge in [-0.25, -0.2) is 0 Å². The van der Waals surface area contributed by atoms with E-state index in [0.29, 0.717) is 6.04 Å². The predicted molar refractivity (Wildman–Crippen MR) is 62.4 cm³/mol. The van der Waals surface area contributed by atoms with Gasteiger partial charge in [-0.2, -0.15) is 0 Å². The lowest BCUT2D eigenvalue weighted by molar-refractivity contribution is 0.461. The first-order valence-electron chi connectivity index (χ1n) is 4.95. The van der Waals surface area contributed by atoms with Gasteiger partial charge in [0.25, 0.3) is 0 Å². The number of likely N-dealkylation sites (N-methyl/N-ethyl adjacent to an activating group) is 1. The number of nitrogens with one attached hydrogen (secondary N) is 2. The van der Waals surface area contributed by atoms with Crippen LogP contribution in [-0.4, -0.2) is 19.6 Å². The number of fused-ring (bicyclic) bond motifs is 1. The van der Waals surface area contributed by atoms with Crippen LogP contribution in [0.2, 0.25) is 0 Å². The molecule has 0 spiro atoms. The quantitative estimate of drug-likeness (QED) is 0.840. The van der Waals surface area contributed by atoms with Crippen molar-refractivity contribution >= 4 is 15.9 Å². The van der Waals surface area contributed by atoms with Crippen LogP contribution in [0, 0.1) is 0 Å². The maximum Gasteiger partial charge on any atom is 0.0236 e. The van der Waals surface area contributed by atoms with E-state index < -0.39 is 0 Å². The molecule has 1 heterocycles. The molecule has 14 heavy (non-hydrogen) atoms. The van der Waals surface area contributed by atoms with Crippen molar-refractivity contribution in [3.8, 4) is 0 Å². The van der Waals surface area contributed by atoms with E-state index in [9.17, 15) is 0 Å². The van der Waals surface area contributed by atoms with Gasteiger partial charge < -0.3 is 10.6 Å². The minimum absolute atomic E-state index is 0.571. The average molecular weight is 255 g/mol. The van der Waals surface area contributed by atoms with Crippen LogP contribution in [0.15, 0.2) is 22.7 Å². The summed E-state index contributed by atoms with van der Waals surface area (Å²) in [5.74, 6) is 0. The molecule has 0 aromatic heterocycles. The van der Waals surface area contributed by atoms with Crippen LogP contribution in [0.1, 0.15) is 11.1 Å². The summed E-state index contributed by atoms with van der Waals surface area (Å²) in [7, 11) is 2.00. The van der Waals surface area contributed by atoms with Gasteiger partial charge in [0.1, 0.15) is 0 Å². The summed E-state index contributed by atoms with van der Waals surface area (Å²) in [4.78, 5) is 0. The minimum Gasteiger partial charge on any atom is -0.318 e. The molecule has 2 rings (SSSR count). The first-order chi connectivity index (χ1) is 6.81. The molecule has 1 aromatic rings. The lowest BCUT2D eigenvalue weighted by Crippen LogP contribution is -2.42. The molecule has 0 radical (unpaired) electrons. The first-order valence-corrected chi connectivity index (χ1v) is 5.75. The van der Waals surface area contributed by atoms with Crippen LogP contribution < -0.4 is 10.6 Å². The molecule has 0 saturated heterocycles. The molecular weight excluding hydrogens is 240 g/mol. The molecule has 1 atom stereocenters. The second-order valence-electron chi connectivity index (χ2n) is 3.72. The monoisotopic (exact) mass is 254 g/mol. The number of hydrogen-bond acceptors (Lipinski definition) is 2. The molecule has 0 saturated carbocycles. The fraction of sp³-hybridized carbons (Fsp3) is 0.455. The fourth-order valence-electron chi connectivity index (χ4n) is 1.97. The molecule has 1 aromatic carbocycles. The summed E-state index contributed by atoms with van der Waals surface area (Å²) in [6.07, 6.45) is 1.12. The topological polar surface area (TPSA) is 24.1 Å². The molecule has 2 N–H and O–H groups in total. The molecule has 2 nitrogen and oxygen atoms in total. The standard InChI is InChI=1S/C11H15BrN2/c1-13-6-9-5-8-3-2-4-11(12)10(8)7-14-9/h2-4,9,13-14H,5-7H2,1H3. The van der Waals surface area contributed by atoms with E-state index >= 15 is 0 Å². The molecular formula is C11H15BrN2. The van der Waals surface area contributed by atoms with E-state index in [-0.39, 0.29) is 0 Å². The van der Waals surface area contributed by atoms with Crippen molar-refractivity contribution in [1.82, 2.24) is 10.6 Å². The van der Waals surface area contributed by atoms with Crippen LogP contribution in [0.25, 0.3) is 0 Å². The summed E-state index contributed by atoms with van der Waals surface area (Å²) >= 11 is 3.59. The highest BCUT2D eigenvalue weighted by Gasteiger charge is 2.18. The van der Waals surface area contributed by atoms with Crippen LogP contribution >= 0.6 is 15.9 Å². The Morgan fingerprint density at radius 1 is 1.57 bits per heavy atom. The van der Waals surface area contributed by atoms with Crippen molar-refractivity contribution in [3.63, 3.8) is 0 Å². The van der Waals surface area contributed by atoms with Gasteiger partial charge in [-0.3, -0.25) is 0 Å². The van der Waals surface area contributed by atoms with Gasteiger partial charge in [0.05, 0.1) is 0 Å². The molecule has 0 amide bonds. The van der Waals surface area contributed by atoms with Crippen LogP contribution in [0.4, 0.5) is 0 Å². The van der Waals surface area contributed by atoms with Crippen LogP contribution in [0.3, 0.4) is 0 Å². The van der Waals surface area contributed by atoms with Gasteiger partial charge in [-0.05, 0) is 30.7 Å². The van der Waals surface area contributed by atoms with E-state index in [2.05, 4.69) is 44.8 Å². The van der Waals surface area contributed by atoms with Crippen LogP contribution in [-0.2, 0) is 13.0 Å². The van der Waals surface area contributed by atoms with E-state index in [1.165, 1.54) is 15.6 Å². The Bertz CT molecular complexity index is 325. The number of benzene rings is 1. The molecule has 0 bridgehead atoms. The smallest absolute Gasteiger partial charge is 0.0236 e. The lowest BCUT2D eigenvalue weighted by atomic mass is 9.96. The van der Waals surface area contributed by atoms with Crippen LogP contribution in [0.5, 0.6) is 0 Å². The van der Waals surface area contributed by atoms with Crippen molar-refractivity contribution in [2.45, 2.75) is 19.0 Å².